The van der Waals surface area contributed by atoms with Crippen LogP contribution in [0.1, 0.15) is 9.67 Å². The quantitative estimate of drug-likeness (QED) is 0.685. The van der Waals surface area contributed by atoms with E-state index in [9.17, 15) is 9.00 Å². The van der Waals surface area contributed by atoms with Crippen molar-refractivity contribution < 1.29 is 9.00 Å². The summed E-state index contributed by atoms with van der Waals surface area (Å²) < 4.78 is 12.3. The Bertz CT molecular complexity index is 776. The molecule has 1 atom stereocenters. The summed E-state index contributed by atoms with van der Waals surface area (Å²) in [5.41, 5.74) is 0. The summed E-state index contributed by atoms with van der Waals surface area (Å²) in [6.45, 7) is 0. The van der Waals surface area contributed by atoms with E-state index >= 15 is 0 Å². The summed E-state index contributed by atoms with van der Waals surface area (Å²) in [6, 6.07) is 17.2. The molecule has 0 saturated carbocycles. The van der Waals surface area contributed by atoms with Crippen molar-refractivity contribution >= 4 is 38.7 Å². The largest absolute Gasteiger partial charge is 0.292 e. The number of fused-ring (bicyclic) bond motifs is 1. The van der Waals surface area contributed by atoms with Crippen molar-refractivity contribution in [2.75, 3.05) is 5.75 Å². The Morgan fingerprint density at radius 2 is 1.80 bits per heavy atom. The molecule has 1 heterocycles. The summed E-state index contributed by atoms with van der Waals surface area (Å²) in [4.78, 5) is 13.3. The van der Waals surface area contributed by atoms with Crippen molar-refractivity contribution in [3.63, 3.8) is 0 Å². The van der Waals surface area contributed by atoms with Crippen LogP contribution < -0.4 is 0 Å². The normalized spacial score (nSPS) is 12.4. The third kappa shape index (κ3) is 2.71. The Kier molecular flexibility index (Phi) is 3.76. The third-order valence-electron chi connectivity index (χ3n) is 3.04. The summed E-state index contributed by atoms with van der Waals surface area (Å²) >= 11 is 1.39. The molecule has 0 aliphatic rings. The van der Waals surface area contributed by atoms with E-state index in [1.165, 1.54) is 11.3 Å². The van der Waals surface area contributed by atoms with E-state index in [2.05, 4.69) is 0 Å². The minimum atomic E-state index is -1.30. The molecule has 0 aliphatic carbocycles. The Hall–Kier alpha value is -1.78. The lowest BCUT2D eigenvalue weighted by Crippen LogP contribution is -2.09. The molecule has 4 heteroatoms. The average molecular weight is 300 g/mol. The molecule has 0 saturated heterocycles. The predicted molar refractivity (Wildman–Crippen MR) is 83.9 cm³/mol. The average Bonchev–Trinajstić information content (AvgIpc) is 3.01. The predicted octanol–water partition coefficient (Wildman–Crippen LogP) is 3.89. The van der Waals surface area contributed by atoms with Gasteiger partial charge in [0.15, 0.2) is 5.78 Å². The van der Waals surface area contributed by atoms with Gasteiger partial charge in [-0.3, -0.25) is 9.00 Å². The van der Waals surface area contributed by atoms with Crippen LogP contribution in [0.15, 0.2) is 64.9 Å². The number of carbonyl (C=O) groups is 1. The maximum atomic E-state index is 12.3. The lowest BCUT2D eigenvalue weighted by Gasteiger charge is -2.03. The van der Waals surface area contributed by atoms with Crippen LogP contribution in [-0.4, -0.2) is 15.7 Å². The van der Waals surface area contributed by atoms with Crippen LogP contribution in [0.2, 0.25) is 0 Å². The number of Topliss-reactive ketones (excluding diaryl/α,β-unsaturated/α-hetero) is 1. The van der Waals surface area contributed by atoms with Crippen LogP contribution in [0, 0.1) is 0 Å². The van der Waals surface area contributed by atoms with Crippen LogP contribution in [0.4, 0.5) is 0 Å². The van der Waals surface area contributed by atoms with Crippen molar-refractivity contribution in [2.24, 2.45) is 0 Å². The maximum absolute atomic E-state index is 12.3. The van der Waals surface area contributed by atoms with Gasteiger partial charge >= 0.3 is 0 Å². The maximum Gasteiger partial charge on any atom is 0.185 e. The number of hydrogen-bond acceptors (Lipinski definition) is 3. The van der Waals surface area contributed by atoms with E-state index in [4.69, 9.17) is 0 Å². The smallest absolute Gasteiger partial charge is 0.185 e. The van der Waals surface area contributed by atoms with Crippen molar-refractivity contribution in [3.05, 3.63) is 64.9 Å². The first-order valence-corrected chi connectivity index (χ1v) is 8.38. The van der Waals surface area contributed by atoms with Crippen LogP contribution in [0.3, 0.4) is 0 Å². The molecule has 2 nitrogen and oxygen atoms in total. The van der Waals surface area contributed by atoms with Gasteiger partial charge < -0.3 is 0 Å². The zero-order chi connectivity index (χ0) is 13.9. The number of hydrogen-bond donors (Lipinski definition) is 0. The highest BCUT2D eigenvalue weighted by atomic mass is 32.2. The Morgan fingerprint density at radius 3 is 2.55 bits per heavy atom. The number of benzene rings is 2. The van der Waals surface area contributed by atoms with E-state index in [-0.39, 0.29) is 11.5 Å². The van der Waals surface area contributed by atoms with Gasteiger partial charge in [-0.25, -0.2) is 0 Å². The number of ketones is 1. The first kappa shape index (κ1) is 13.2. The van der Waals surface area contributed by atoms with Crippen LogP contribution in [0.25, 0.3) is 10.8 Å². The fraction of sp³-hybridized carbons (Fsp3) is 0.0625. The second-order valence-corrected chi connectivity index (χ2v) is 6.80. The molecule has 3 rings (SSSR count). The van der Waals surface area contributed by atoms with Gasteiger partial charge in [-0.1, -0.05) is 36.4 Å². The van der Waals surface area contributed by atoms with Gasteiger partial charge in [0.25, 0.3) is 0 Å². The molecular formula is C16H12O2S2. The van der Waals surface area contributed by atoms with Gasteiger partial charge in [-0.2, -0.15) is 0 Å². The SMILES string of the molecule is O=C(CS(=O)c1ccc2ccccc2c1)c1cccs1. The topological polar surface area (TPSA) is 34.1 Å². The zero-order valence-electron chi connectivity index (χ0n) is 10.6. The van der Waals surface area contributed by atoms with Gasteiger partial charge in [0, 0.05) is 4.90 Å². The van der Waals surface area contributed by atoms with Crippen LogP contribution >= 0.6 is 11.3 Å². The molecule has 0 radical (unpaired) electrons. The number of carbonyl (C=O) groups excluding carboxylic acids is 1. The number of thiophene rings is 1. The molecule has 3 aromatic rings. The van der Waals surface area contributed by atoms with Gasteiger partial charge in [0.05, 0.1) is 21.4 Å². The Morgan fingerprint density at radius 1 is 1.00 bits per heavy atom. The summed E-state index contributed by atoms with van der Waals surface area (Å²) in [7, 11) is -1.30. The molecule has 0 amide bonds. The molecule has 0 spiro atoms. The van der Waals surface area contributed by atoms with E-state index in [0.717, 1.165) is 10.8 Å². The first-order chi connectivity index (χ1) is 9.74. The summed E-state index contributed by atoms with van der Waals surface area (Å²) in [5, 5.41) is 4.01. The van der Waals surface area contributed by atoms with E-state index < -0.39 is 10.8 Å². The van der Waals surface area contributed by atoms with Gasteiger partial charge in [0.1, 0.15) is 0 Å². The highest BCUT2D eigenvalue weighted by Gasteiger charge is 2.13. The molecule has 20 heavy (non-hydrogen) atoms. The Labute approximate surface area is 123 Å². The van der Waals surface area contributed by atoms with Gasteiger partial charge in [0.2, 0.25) is 0 Å². The van der Waals surface area contributed by atoms with Gasteiger partial charge in [-0.05, 0) is 34.4 Å². The third-order valence-corrected chi connectivity index (χ3v) is 5.26. The second-order valence-electron chi connectivity index (χ2n) is 4.40. The molecule has 100 valence electrons. The lowest BCUT2D eigenvalue weighted by atomic mass is 10.1. The fourth-order valence-corrected chi connectivity index (χ4v) is 3.81. The lowest BCUT2D eigenvalue weighted by molar-refractivity contribution is 0.102. The highest BCUT2D eigenvalue weighted by Crippen LogP contribution is 2.19. The van der Waals surface area contributed by atoms with Crippen molar-refractivity contribution in [2.45, 2.75) is 4.90 Å². The van der Waals surface area contributed by atoms with Crippen molar-refractivity contribution in [3.8, 4) is 0 Å². The molecule has 0 N–H and O–H groups in total. The first-order valence-electron chi connectivity index (χ1n) is 6.18. The molecule has 1 unspecified atom stereocenters. The fourth-order valence-electron chi connectivity index (χ4n) is 2.02. The van der Waals surface area contributed by atoms with E-state index in [1.54, 1.807) is 6.07 Å². The minimum absolute atomic E-state index is 0.0405. The van der Waals surface area contributed by atoms with Crippen molar-refractivity contribution in [1.82, 2.24) is 0 Å². The van der Waals surface area contributed by atoms with Crippen molar-refractivity contribution in [1.29, 1.82) is 0 Å². The monoisotopic (exact) mass is 300 g/mol. The molecular weight excluding hydrogens is 288 g/mol. The van der Waals surface area contributed by atoms with Crippen LogP contribution in [-0.2, 0) is 10.8 Å². The van der Waals surface area contributed by atoms with E-state index in [0.29, 0.717) is 9.77 Å². The molecule has 2 aromatic carbocycles. The minimum Gasteiger partial charge on any atom is -0.292 e. The molecule has 0 aliphatic heterocycles. The van der Waals surface area contributed by atoms with E-state index in [1.807, 2.05) is 53.9 Å². The highest BCUT2D eigenvalue weighted by molar-refractivity contribution is 7.85. The summed E-state index contributed by atoms with van der Waals surface area (Å²) in [6.07, 6.45) is 0. The molecule has 0 fully saturated rings. The second kappa shape index (κ2) is 5.69. The molecule has 1 aromatic heterocycles. The zero-order valence-corrected chi connectivity index (χ0v) is 12.2. The van der Waals surface area contributed by atoms with Gasteiger partial charge in [-0.15, -0.1) is 11.3 Å². The number of rotatable bonds is 4. The standard InChI is InChI=1S/C16H12O2S2/c17-15(16-6-3-9-19-16)11-20(18)14-8-7-12-4-1-2-5-13(12)10-14/h1-10H,11H2. The Balaban J connectivity index is 1.83. The molecule has 0 bridgehead atoms. The summed E-state index contributed by atoms with van der Waals surface area (Å²) in [5.74, 6) is -0.0229. The van der Waals surface area contributed by atoms with Crippen LogP contribution in [0.5, 0.6) is 0 Å².